The molecule has 0 aliphatic rings. The van der Waals surface area contributed by atoms with E-state index in [9.17, 15) is 0 Å². The van der Waals surface area contributed by atoms with Gasteiger partial charge >= 0.3 is 0 Å². The van der Waals surface area contributed by atoms with Crippen LogP contribution in [0.15, 0.2) is 18.3 Å². The van der Waals surface area contributed by atoms with Gasteiger partial charge in [0.15, 0.2) is 0 Å². The highest BCUT2D eigenvalue weighted by atomic mass is 14.7. The van der Waals surface area contributed by atoms with E-state index in [1.807, 2.05) is 13.1 Å². The van der Waals surface area contributed by atoms with Gasteiger partial charge in [0.25, 0.3) is 0 Å². The molecule has 0 aliphatic heterocycles. The number of aryl methyl sites for hydroxylation is 1. The van der Waals surface area contributed by atoms with Crippen molar-refractivity contribution in [2.45, 2.75) is 32.6 Å². The van der Waals surface area contributed by atoms with Crippen molar-refractivity contribution in [2.24, 2.45) is 5.73 Å². The van der Waals surface area contributed by atoms with Gasteiger partial charge in [0.1, 0.15) is 0 Å². The number of rotatable bonds is 3. The molecule has 0 saturated heterocycles. The van der Waals surface area contributed by atoms with E-state index in [1.165, 1.54) is 5.56 Å². The van der Waals surface area contributed by atoms with Crippen molar-refractivity contribution in [1.82, 2.24) is 4.98 Å². The highest BCUT2D eigenvalue weighted by Crippen LogP contribution is 2.24. The normalized spacial score (nSPS) is 11.7. The molecular weight excluding hydrogens is 160 g/mol. The summed E-state index contributed by atoms with van der Waals surface area (Å²) in [4.78, 5) is 4.41. The maximum absolute atomic E-state index is 5.55. The quantitative estimate of drug-likeness (QED) is 0.769. The molecule has 2 heteroatoms. The molecule has 1 aromatic heterocycles. The van der Waals surface area contributed by atoms with E-state index in [0.717, 1.165) is 12.1 Å². The first-order valence-corrected chi connectivity index (χ1v) is 4.69. The number of pyridine rings is 1. The summed E-state index contributed by atoms with van der Waals surface area (Å²) in [6.07, 6.45) is 2.89. The Morgan fingerprint density at radius 1 is 1.38 bits per heavy atom. The van der Waals surface area contributed by atoms with E-state index in [1.54, 1.807) is 0 Å². The van der Waals surface area contributed by atoms with Crippen LogP contribution in [0.25, 0.3) is 0 Å². The van der Waals surface area contributed by atoms with Crippen LogP contribution in [0.3, 0.4) is 0 Å². The van der Waals surface area contributed by atoms with Gasteiger partial charge in [-0.05, 0) is 31.5 Å². The zero-order valence-electron chi connectivity index (χ0n) is 8.67. The Morgan fingerprint density at radius 2 is 2.08 bits per heavy atom. The van der Waals surface area contributed by atoms with Crippen molar-refractivity contribution >= 4 is 0 Å². The Kier molecular flexibility index (Phi) is 3.04. The number of aromatic nitrogens is 1. The van der Waals surface area contributed by atoms with E-state index in [4.69, 9.17) is 5.73 Å². The first-order chi connectivity index (χ1) is 6.06. The largest absolute Gasteiger partial charge is 0.330 e. The molecular formula is C11H18N2. The third kappa shape index (κ3) is 2.52. The molecule has 2 N–H and O–H groups in total. The summed E-state index contributed by atoms with van der Waals surface area (Å²) >= 11 is 0. The molecule has 72 valence electrons. The summed E-state index contributed by atoms with van der Waals surface area (Å²) in [5, 5.41) is 0. The van der Waals surface area contributed by atoms with Gasteiger partial charge in [0, 0.05) is 17.3 Å². The SMILES string of the molecule is Cc1ccc(C(C)(C)CCN)nc1. The molecule has 0 unspecified atom stereocenters. The standard InChI is InChI=1S/C11H18N2/c1-9-4-5-10(13-8-9)11(2,3)6-7-12/h4-5,8H,6-7,12H2,1-3H3. The van der Waals surface area contributed by atoms with Crippen LogP contribution in [0.4, 0.5) is 0 Å². The molecule has 0 aromatic carbocycles. The second kappa shape index (κ2) is 3.88. The average molecular weight is 178 g/mol. The molecule has 2 nitrogen and oxygen atoms in total. The number of hydrogen-bond acceptors (Lipinski definition) is 2. The van der Waals surface area contributed by atoms with Crippen LogP contribution in [-0.4, -0.2) is 11.5 Å². The molecule has 0 fully saturated rings. The van der Waals surface area contributed by atoms with Crippen molar-refractivity contribution in [3.05, 3.63) is 29.6 Å². The predicted octanol–water partition coefficient (Wildman–Crippen LogP) is 2.02. The van der Waals surface area contributed by atoms with Gasteiger partial charge in [0.2, 0.25) is 0 Å². The van der Waals surface area contributed by atoms with Crippen LogP contribution in [0.2, 0.25) is 0 Å². The van der Waals surface area contributed by atoms with E-state index in [-0.39, 0.29) is 5.41 Å². The first kappa shape index (κ1) is 10.2. The van der Waals surface area contributed by atoms with Crippen molar-refractivity contribution in [1.29, 1.82) is 0 Å². The Bertz CT molecular complexity index is 262. The fraction of sp³-hybridized carbons (Fsp3) is 0.545. The van der Waals surface area contributed by atoms with E-state index >= 15 is 0 Å². The predicted molar refractivity (Wildman–Crippen MR) is 55.7 cm³/mol. The highest BCUT2D eigenvalue weighted by Gasteiger charge is 2.20. The van der Waals surface area contributed by atoms with Gasteiger partial charge in [-0.15, -0.1) is 0 Å². The van der Waals surface area contributed by atoms with Crippen molar-refractivity contribution < 1.29 is 0 Å². The second-order valence-electron chi connectivity index (χ2n) is 4.14. The molecule has 0 spiro atoms. The summed E-state index contributed by atoms with van der Waals surface area (Å²) in [5.41, 5.74) is 7.98. The third-order valence-corrected chi connectivity index (χ3v) is 2.37. The van der Waals surface area contributed by atoms with Crippen LogP contribution < -0.4 is 5.73 Å². The van der Waals surface area contributed by atoms with E-state index < -0.39 is 0 Å². The fourth-order valence-electron chi connectivity index (χ4n) is 1.36. The molecule has 0 aliphatic carbocycles. The minimum absolute atomic E-state index is 0.0997. The van der Waals surface area contributed by atoms with Gasteiger partial charge in [-0.25, -0.2) is 0 Å². The smallest absolute Gasteiger partial charge is 0.0460 e. The maximum atomic E-state index is 5.55. The molecule has 0 radical (unpaired) electrons. The minimum atomic E-state index is 0.0997. The van der Waals surface area contributed by atoms with Gasteiger partial charge in [-0.1, -0.05) is 19.9 Å². The van der Waals surface area contributed by atoms with Crippen LogP contribution in [0.5, 0.6) is 0 Å². The maximum Gasteiger partial charge on any atom is 0.0460 e. The lowest BCUT2D eigenvalue weighted by Crippen LogP contribution is -2.22. The zero-order valence-corrected chi connectivity index (χ0v) is 8.67. The van der Waals surface area contributed by atoms with Crippen LogP contribution in [-0.2, 0) is 5.41 Å². The zero-order chi connectivity index (χ0) is 9.90. The molecule has 13 heavy (non-hydrogen) atoms. The first-order valence-electron chi connectivity index (χ1n) is 4.69. The van der Waals surface area contributed by atoms with E-state index in [0.29, 0.717) is 6.54 Å². The lowest BCUT2D eigenvalue weighted by molar-refractivity contribution is 0.473. The molecule has 0 atom stereocenters. The lowest BCUT2D eigenvalue weighted by Gasteiger charge is -2.23. The number of nitrogens with zero attached hydrogens (tertiary/aromatic N) is 1. The number of nitrogens with two attached hydrogens (primary N) is 1. The summed E-state index contributed by atoms with van der Waals surface area (Å²) < 4.78 is 0. The van der Waals surface area contributed by atoms with Crippen molar-refractivity contribution in [3.63, 3.8) is 0 Å². The Hall–Kier alpha value is -0.890. The van der Waals surface area contributed by atoms with Gasteiger partial charge < -0.3 is 5.73 Å². The van der Waals surface area contributed by atoms with E-state index in [2.05, 4.69) is 31.0 Å². The van der Waals surface area contributed by atoms with Crippen LogP contribution in [0.1, 0.15) is 31.5 Å². The monoisotopic (exact) mass is 178 g/mol. The Labute approximate surface area is 80.2 Å². The summed E-state index contributed by atoms with van der Waals surface area (Å²) in [5.74, 6) is 0. The molecule has 1 aromatic rings. The van der Waals surface area contributed by atoms with Crippen molar-refractivity contribution in [2.75, 3.05) is 6.54 Å². The molecule has 1 heterocycles. The minimum Gasteiger partial charge on any atom is -0.330 e. The molecule has 0 saturated carbocycles. The lowest BCUT2D eigenvalue weighted by atomic mass is 9.85. The Morgan fingerprint density at radius 3 is 2.54 bits per heavy atom. The van der Waals surface area contributed by atoms with Crippen molar-refractivity contribution in [3.8, 4) is 0 Å². The molecule has 1 rings (SSSR count). The fourth-order valence-corrected chi connectivity index (χ4v) is 1.36. The highest BCUT2D eigenvalue weighted by molar-refractivity contribution is 5.18. The second-order valence-corrected chi connectivity index (χ2v) is 4.14. The summed E-state index contributed by atoms with van der Waals surface area (Å²) in [6, 6.07) is 4.19. The third-order valence-electron chi connectivity index (χ3n) is 2.37. The van der Waals surface area contributed by atoms with Crippen LogP contribution >= 0.6 is 0 Å². The summed E-state index contributed by atoms with van der Waals surface area (Å²) in [6.45, 7) is 7.12. The average Bonchev–Trinajstić information content (AvgIpc) is 2.05. The van der Waals surface area contributed by atoms with Crippen LogP contribution in [0, 0.1) is 6.92 Å². The Balaban J connectivity index is 2.87. The van der Waals surface area contributed by atoms with Gasteiger partial charge in [-0.3, -0.25) is 4.98 Å². The molecule has 0 amide bonds. The number of hydrogen-bond donors (Lipinski definition) is 1. The molecule has 0 bridgehead atoms. The van der Waals surface area contributed by atoms with Gasteiger partial charge in [-0.2, -0.15) is 0 Å². The van der Waals surface area contributed by atoms with Gasteiger partial charge in [0.05, 0.1) is 0 Å². The topological polar surface area (TPSA) is 38.9 Å². The summed E-state index contributed by atoms with van der Waals surface area (Å²) in [7, 11) is 0.